The van der Waals surface area contributed by atoms with Crippen LogP contribution in [0.1, 0.15) is 28.4 Å². The zero-order valence-electron chi connectivity index (χ0n) is 20.3. The van der Waals surface area contributed by atoms with E-state index in [2.05, 4.69) is 30.4 Å². The van der Waals surface area contributed by atoms with Crippen molar-refractivity contribution in [3.8, 4) is 11.1 Å². The Kier molecular flexibility index (Phi) is 5.73. The summed E-state index contributed by atoms with van der Waals surface area (Å²) < 4.78 is 5.42. The molecule has 3 N–H and O–H groups in total. The smallest absolute Gasteiger partial charge is 0.323 e. The molecule has 4 aromatic heterocycles. The molecule has 5 aromatic rings. The van der Waals surface area contributed by atoms with Crippen molar-refractivity contribution in [3.05, 3.63) is 89.3 Å². The second-order valence-electron chi connectivity index (χ2n) is 8.67. The molecule has 2 amide bonds. The molecule has 0 aliphatic carbocycles. The molecule has 5 rings (SSSR count). The number of H-pyrrole nitrogens is 1. The highest BCUT2D eigenvalue weighted by atomic mass is 16.5. The van der Waals surface area contributed by atoms with Crippen molar-refractivity contribution < 1.29 is 14.4 Å². The molecule has 182 valence electrons. The Morgan fingerprint density at radius 1 is 1.06 bits per heavy atom. The first-order valence-electron chi connectivity index (χ1n) is 11.3. The first-order valence-corrected chi connectivity index (χ1v) is 11.3. The number of aryl methyl sites for hydroxylation is 2. The number of anilines is 1. The largest absolute Gasteiger partial charge is 0.373 e. The van der Waals surface area contributed by atoms with E-state index >= 15 is 0 Å². The molecule has 10 nitrogen and oxygen atoms in total. The zero-order valence-corrected chi connectivity index (χ0v) is 20.3. The van der Waals surface area contributed by atoms with Crippen LogP contribution in [-0.2, 0) is 5.60 Å². The van der Waals surface area contributed by atoms with Crippen molar-refractivity contribution in [2.24, 2.45) is 0 Å². The normalized spacial score (nSPS) is 11.6. The second-order valence-corrected chi connectivity index (χ2v) is 8.67. The van der Waals surface area contributed by atoms with Crippen molar-refractivity contribution in [1.29, 1.82) is 0 Å². The Morgan fingerprint density at radius 3 is 2.25 bits per heavy atom. The van der Waals surface area contributed by atoms with E-state index in [1.807, 2.05) is 26.0 Å². The summed E-state index contributed by atoms with van der Waals surface area (Å²) in [5, 5.41) is 19.3. The summed E-state index contributed by atoms with van der Waals surface area (Å²) >= 11 is 0. The van der Waals surface area contributed by atoms with Gasteiger partial charge in [0.05, 0.1) is 28.1 Å². The number of aromatic nitrogens is 5. The summed E-state index contributed by atoms with van der Waals surface area (Å²) in [6.07, 6.45) is 3.23. The van der Waals surface area contributed by atoms with E-state index in [0.29, 0.717) is 39.4 Å². The van der Waals surface area contributed by atoms with Crippen LogP contribution in [-0.4, -0.2) is 55.2 Å². The van der Waals surface area contributed by atoms with E-state index in [4.69, 9.17) is 4.52 Å². The number of amides is 2. The number of carbonyl (C=O) groups is 1. The highest BCUT2D eigenvalue weighted by molar-refractivity contribution is 5.93. The molecule has 0 radical (unpaired) electrons. The molecule has 0 saturated carbocycles. The quantitative estimate of drug-likeness (QED) is 0.344. The molecule has 0 saturated heterocycles. The van der Waals surface area contributed by atoms with Gasteiger partial charge >= 0.3 is 6.03 Å². The van der Waals surface area contributed by atoms with Crippen LogP contribution in [0.25, 0.3) is 22.2 Å². The molecule has 0 aliphatic heterocycles. The molecule has 0 bridgehead atoms. The van der Waals surface area contributed by atoms with Crippen molar-refractivity contribution in [2.75, 3.05) is 19.4 Å². The summed E-state index contributed by atoms with van der Waals surface area (Å²) in [7, 11) is 3.28. The van der Waals surface area contributed by atoms with Gasteiger partial charge in [0.25, 0.3) is 0 Å². The number of pyridine rings is 2. The number of nitrogens with one attached hydrogen (secondary N) is 2. The van der Waals surface area contributed by atoms with Gasteiger partial charge in [0.2, 0.25) is 5.95 Å². The number of rotatable bonds is 5. The molecule has 4 heterocycles. The Morgan fingerprint density at radius 2 is 1.72 bits per heavy atom. The van der Waals surface area contributed by atoms with E-state index in [1.54, 1.807) is 62.9 Å². The fourth-order valence-electron chi connectivity index (χ4n) is 4.27. The van der Waals surface area contributed by atoms with Crippen LogP contribution in [0.15, 0.2) is 65.4 Å². The van der Waals surface area contributed by atoms with Crippen LogP contribution in [0.2, 0.25) is 0 Å². The molecule has 0 unspecified atom stereocenters. The number of fused-ring (bicyclic) bond motifs is 1. The summed E-state index contributed by atoms with van der Waals surface area (Å²) in [6.45, 7) is 3.69. The van der Waals surface area contributed by atoms with E-state index in [0.717, 1.165) is 11.1 Å². The lowest BCUT2D eigenvalue weighted by Gasteiger charge is -2.28. The van der Waals surface area contributed by atoms with Crippen LogP contribution >= 0.6 is 0 Å². The van der Waals surface area contributed by atoms with Crippen molar-refractivity contribution in [1.82, 2.24) is 30.0 Å². The van der Waals surface area contributed by atoms with Gasteiger partial charge in [0, 0.05) is 37.6 Å². The van der Waals surface area contributed by atoms with Crippen molar-refractivity contribution in [2.45, 2.75) is 19.4 Å². The standard InChI is InChI=1S/C26H25N7O3/c1-15-22(16(2)36-32-15)17-13-18(23-19(14-17)29-24(30-23)31-25(34)33(3)4)26(35,20-9-5-7-11-27-20)21-10-6-8-12-28-21/h5-14,35H,1-4H3,(H2,29,30,31,34). The second kappa shape index (κ2) is 8.90. The maximum absolute atomic E-state index is 12.4. The van der Waals surface area contributed by atoms with Crippen LogP contribution in [0.5, 0.6) is 0 Å². The Bertz CT molecular complexity index is 1480. The number of urea groups is 1. The molecule has 0 fully saturated rings. The Labute approximate surface area is 207 Å². The topological polar surface area (TPSA) is 133 Å². The van der Waals surface area contributed by atoms with Crippen LogP contribution in [0.4, 0.5) is 10.7 Å². The molecular weight excluding hydrogens is 458 g/mol. The van der Waals surface area contributed by atoms with Gasteiger partial charge in [-0.1, -0.05) is 17.3 Å². The summed E-state index contributed by atoms with van der Waals surface area (Å²) in [4.78, 5) is 30.5. The van der Waals surface area contributed by atoms with E-state index < -0.39 is 5.60 Å². The fraction of sp³-hybridized carbons (Fsp3) is 0.192. The number of hydrogen-bond acceptors (Lipinski definition) is 7. The maximum Gasteiger partial charge on any atom is 0.323 e. The third-order valence-electron chi connectivity index (χ3n) is 6.00. The van der Waals surface area contributed by atoms with E-state index in [9.17, 15) is 9.90 Å². The van der Waals surface area contributed by atoms with Gasteiger partial charge in [-0.2, -0.15) is 0 Å². The lowest BCUT2D eigenvalue weighted by molar-refractivity contribution is 0.117. The van der Waals surface area contributed by atoms with Crippen LogP contribution < -0.4 is 5.32 Å². The average molecular weight is 484 g/mol. The summed E-state index contributed by atoms with van der Waals surface area (Å²) in [5.74, 6) is 0.878. The number of aliphatic hydroxyl groups is 1. The number of nitrogens with zero attached hydrogens (tertiary/aromatic N) is 5. The lowest BCUT2D eigenvalue weighted by Crippen LogP contribution is -2.31. The highest BCUT2D eigenvalue weighted by Gasteiger charge is 2.39. The predicted octanol–water partition coefficient (Wildman–Crippen LogP) is 4.00. The number of hydrogen-bond donors (Lipinski definition) is 3. The molecular formula is C26H25N7O3. The van der Waals surface area contributed by atoms with Gasteiger partial charge in [0.15, 0.2) is 5.60 Å². The third kappa shape index (κ3) is 3.87. The van der Waals surface area contributed by atoms with E-state index in [1.165, 1.54) is 4.90 Å². The SMILES string of the molecule is Cc1noc(C)c1-c1cc(C(O)(c2ccccn2)c2ccccn2)c2nc(NC(=O)N(C)C)[nH]c2c1. The molecule has 0 spiro atoms. The van der Waals surface area contributed by atoms with Gasteiger partial charge in [0.1, 0.15) is 5.76 Å². The van der Waals surface area contributed by atoms with E-state index in [-0.39, 0.29) is 12.0 Å². The van der Waals surface area contributed by atoms with Gasteiger partial charge in [-0.05, 0) is 55.8 Å². The highest BCUT2D eigenvalue weighted by Crippen LogP contribution is 2.41. The molecule has 10 heteroatoms. The zero-order chi connectivity index (χ0) is 25.4. The number of carbonyl (C=O) groups excluding carboxylic acids is 1. The summed E-state index contributed by atoms with van der Waals surface area (Å²) in [5.41, 5.74) is 2.76. The minimum atomic E-state index is -1.76. The monoisotopic (exact) mass is 483 g/mol. The van der Waals surface area contributed by atoms with Crippen molar-refractivity contribution >= 4 is 23.0 Å². The van der Waals surface area contributed by atoms with Crippen LogP contribution in [0.3, 0.4) is 0 Å². The van der Waals surface area contributed by atoms with Gasteiger partial charge in [-0.15, -0.1) is 0 Å². The summed E-state index contributed by atoms with van der Waals surface area (Å²) in [6, 6.07) is 14.0. The van der Waals surface area contributed by atoms with Gasteiger partial charge in [-0.3, -0.25) is 15.3 Å². The Hall–Kier alpha value is -4.57. The maximum atomic E-state index is 12.4. The molecule has 0 aliphatic rings. The number of aromatic amines is 1. The molecule has 0 atom stereocenters. The molecule has 36 heavy (non-hydrogen) atoms. The molecule has 1 aromatic carbocycles. The average Bonchev–Trinajstić information content (AvgIpc) is 3.45. The first-order chi connectivity index (χ1) is 17.3. The first kappa shape index (κ1) is 23.2. The van der Waals surface area contributed by atoms with Crippen LogP contribution in [0, 0.1) is 13.8 Å². The van der Waals surface area contributed by atoms with Gasteiger partial charge in [-0.25, -0.2) is 9.78 Å². The van der Waals surface area contributed by atoms with Gasteiger partial charge < -0.3 is 19.5 Å². The number of imidazole rings is 1. The number of benzene rings is 1. The third-order valence-corrected chi connectivity index (χ3v) is 6.00. The van der Waals surface area contributed by atoms with Crippen molar-refractivity contribution in [3.63, 3.8) is 0 Å². The Balaban J connectivity index is 1.83. The minimum Gasteiger partial charge on any atom is -0.373 e. The lowest BCUT2D eigenvalue weighted by atomic mass is 9.83. The predicted molar refractivity (Wildman–Crippen MR) is 134 cm³/mol. The fourth-order valence-corrected chi connectivity index (χ4v) is 4.27. The minimum absolute atomic E-state index is 0.241.